The largest absolute Gasteiger partial charge is 0.328 e. The van der Waals surface area contributed by atoms with Crippen LogP contribution in [-0.2, 0) is 6.42 Å². The van der Waals surface area contributed by atoms with Gasteiger partial charge in [0.2, 0.25) is 0 Å². The molecule has 1 rings (SSSR count). The highest BCUT2D eigenvalue weighted by atomic mass is 32.2. The SMILES string of the molecule is CCCCSc1ccccc1CC(C)N. The van der Waals surface area contributed by atoms with E-state index in [2.05, 4.69) is 38.1 Å². The maximum atomic E-state index is 5.84. The summed E-state index contributed by atoms with van der Waals surface area (Å²) in [5.74, 6) is 1.21. The fraction of sp³-hybridized carbons (Fsp3) is 0.538. The molecule has 1 nitrogen and oxygen atoms in total. The number of benzene rings is 1. The molecule has 0 spiro atoms. The third-order valence-corrected chi connectivity index (χ3v) is 3.47. The maximum Gasteiger partial charge on any atom is 0.0105 e. The summed E-state index contributed by atoms with van der Waals surface area (Å²) < 4.78 is 0. The molecule has 0 saturated carbocycles. The first kappa shape index (κ1) is 12.6. The van der Waals surface area contributed by atoms with Crippen molar-refractivity contribution in [2.75, 3.05) is 5.75 Å². The lowest BCUT2D eigenvalue weighted by Crippen LogP contribution is -2.18. The Balaban J connectivity index is 2.60. The zero-order valence-electron chi connectivity index (χ0n) is 9.70. The van der Waals surface area contributed by atoms with Crippen molar-refractivity contribution in [1.82, 2.24) is 0 Å². The molecule has 2 N–H and O–H groups in total. The van der Waals surface area contributed by atoms with Crippen LogP contribution in [0.1, 0.15) is 32.3 Å². The molecule has 0 saturated heterocycles. The van der Waals surface area contributed by atoms with Crippen LogP contribution in [0.4, 0.5) is 0 Å². The number of hydrogen-bond acceptors (Lipinski definition) is 2. The van der Waals surface area contributed by atoms with E-state index in [0.717, 1.165) is 6.42 Å². The normalized spacial score (nSPS) is 12.7. The molecule has 0 aromatic heterocycles. The molecule has 0 bridgehead atoms. The fourth-order valence-electron chi connectivity index (χ4n) is 1.49. The van der Waals surface area contributed by atoms with Crippen LogP contribution >= 0.6 is 11.8 Å². The molecule has 0 aliphatic heterocycles. The van der Waals surface area contributed by atoms with Gasteiger partial charge in [-0.1, -0.05) is 31.5 Å². The van der Waals surface area contributed by atoms with Crippen molar-refractivity contribution >= 4 is 11.8 Å². The Labute approximate surface area is 97.4 Å². The van der Waals surface area contributed by atoms with Gasteiger partial charge in [-0.15, -0.1) is 11.8 Å². The van der Waals surface area contributed by atoms with Crippen molar-refractivity contribution in [3.8, 4) is 0 Å². The predicted molar refractivity (Wildman–Crippen MR) is 69.4 cm³/mol. The van der Waals surface area contributed by atoms with E-state index in [1.807, 2.05) is 11.8 Å². The molecule has 1 unspecified atom stereocenters. The maximum absolute atomic E-state index is 5.84. The van der Waals surface area contributed by atoms with Crippen molar-refractivity contribution in [3.63, 3.8) is 0 Å². The molecule has 1 atom stereocenters. The first-order valence-electron chi connectivity index (χ1n) is 5.70. The van der Waals surface area contributed by atoms with Crippen molar-refractivity contribution in [1.29, 1.82) is 0 Å². The molecule has 0 heterocycles. The van der Waals surface area contributed by atoms with E-state index in [1.54, 1.807) is 0 Å². The highest BCUT2D eigenvalue weighted by molar-refractivity contribution is 7.99. The summed E-state index contributed by atoms with van der Waals surface area (Å²) >= 11 is 1.96. The third-order valence-electron chi connectivity index (χ3n) is 2.27. The van der Waals surface area contributed by atoms with E-state index >= 15 is 0 Å². The van der Waals surface area contributed by atoms with E-state index in [4.69, 9.17) is 5.73 Å². The molecule has 1 aromatic rings. The lowest BCUT2D eigenvalue weighted by Gasteiger charge is -2.10. The van der Waals surface area contributed by atoms with E-state index < -0.39 is 0 Å². The zero-order valence-corrected chi connectivity index (χ0v) is 10.5. The number of nitrogens with two attached hydrogens (primary N) is 1. The minimum atomic E-state index is 0.248. The Kier molecular flexibility index (Phi) is 5.81. The van der Waals surface area contributed by atoms with Crippen LogP contribution in [0.15, 0.2) is 29.2 Å². The zero-order chi connectivity index (χ0) is 11.1. The summed E-state index contributed by atoms with van der Waals surface area (Å²) in [6.45, 7) is 4.29. The molecule has 1 aromatic carbocycles. The molecule has 0 aliphatic rings. The van der Waals surface area contributed by atoms with Crippen molar-refractivity contribution in [3.05, 3.63) is 29.8 Å². The highest BCUT2D eigenvalue weighted by Crippen LogP contribution is 2.24. The molecule has 0 radical (unpaired) electrons. The lowest BCUT2D eigenvalue weighted by molar-refractivity contribution is 0.729. The fourth-order valence-corrected chi connectivity index (χ4v) is 2.65. The summed E-state index contributed by atoms with van der Waals surface area (Å²) in [6.07, 6.45) is 3.54. The monoisotopic (exact) mass is 223 g/mol. The topological polar surface area (TPSA) is 26.0 Å². The van der Waals surface area contributed by atoms with Gasteiger partial charge in [0.05, 0.1) is 0 Å². The summed E-state index contributed by atoms with van der Waals surface area (Å²) in [5, 5.41) is 0. The quantitative estimate of drug-likeness (QED) is 0.590. The summed E-state index contributed by atoms with van der Waals surface area (Å²) in [4.78, 5) is 1.41. The van der Waals surface area contributed by atoms with E-state index in [0.29, 0.717) is 0 Å². The van der Waals surface area contributed by atoms with E-state index in [-0.39, 0.29) is 6.04 Å². The molecule has 84 valence electrons. The minimum Gasteiger partial charge on any atom is -0.328 e. The summed E-state index contributed by atoms with van der Waals surface area (Å²) in [6, 6.07) is 8.86. The standard InChI is InChI=1S/C13H21NS/c1-3-4-9-15-13-8-6-5-7-12(13)10-11(2)14/h5-8,11H,3-4,9-10,14H2,1-2H3. The second-order valence-electron chi connectivity index (χ2n) is 3.99. The average molecular weight is 223 g/mol. The molecule has 2 heteroatoms. The molecular weight excluding hydrogens is 202 g/mol. The molecule has 0 aliphatic carbocycles. The summed E-state index contributed by atoms with van der Waals surface area (Å²) in [7, 11) is 0. The molecule has 0 fully saturated rings. The summed E-state index contributed by atoms with van der Waals surface area (Å²) in [5.41, 5.74) is 7.24. The number of hydrogen-bond donors (Lipinski definition) is 1. The van der Waals surface area contributed by atoms with Crippen LogP contribution in [0.3, 0.4) is 0 Å². The van der Waals surface area contributed by atoms with Gasteiger partial charge >= 0.3 is 0 Å². The Morgan fingerprint density at radius 1 is 1.33 bits per heavy atom. The van der Waals surface area contributed by atoms with Crippen LogP contribution in [0.2, 0.25) is 0 Å². The number of rotatable bonds is 6. The van der Waals surface area contributed by atoms with Gasteiger partial charge in [0.25, 0.3) is 0 Å². The first-order valence-corrected chi connectivity index (χ1v) is 6.69. The second-order valence-corrected chi connectivity index (χ2v) is 5.13. The van der Waals surface area contributed by atoms with Gasteiger partial charge in [-0.2, -0.15) is 0 Å². The van der Waals surface area contributed by atoms with Gasteiger partial charge in [-0.05, 0) is 37.1 Å². The van der Waals surface area contributed by atoms with Gasteiger partial charge in [0.15, 0.2) is 0 Å². The van der Waals surface area contributed by atoms with Gasteiger partial charge < -0.3 is 5.73 Å². The van der Waals surface area contributed by atoms with E-state index in [1.165, 1.54) is 29.1 Å². The predicted octanol–water partition coefficient (Wildman–Crippen LogP) is 3.47. The Bertz CT molecular complexity index is 284. The lowest BCUT2D eigenvalue weighted by atomic mass is 10.1. The van der Waals surface area contributed by atoms with Crippen LogP contribution in [0.25, 0.3) is 0 Å². The van der Waals surface area contributed by atoms with Crippen LogP contribution in [0.5, 0.6) is 0 Å². The van der Waals surface area contributed by atoms with Crippen molar-refractivity contribution in [2.45, 2.75) is 44.0 Å². The van der Waals surface area contributed by atoms with Gasteiger partial charge in [-0.3, -0.25) is 0 Å². The van der Waals surface area contributed by atoms with Crippen LogP contribution < -0.4 is 5.73 Å². The van der Waals surface area contributed by atoms with E-state index in [9.17, 15) is 0 Å². The molecule has 0 amide bonds. The van der Waals surface area contributed by atoms with Gasteiger partial charge in [0, 0.05) is 10.9 Å². The Hall–Kier alpha value is -0.470. The Morgan fingerprint density at radius 2 is 2.07 bits per heavy atom. The molecule has 15 heavy (non-hydrogen) atoms. The second kappa shape index (κ2) is 6.91. The van der Waals surface area contributed by atoms with Crippen molar-refractivity contribution in [2.24, 2.45) is 5.73 Å². The number of unbranched alkanes of at least 4 members (excludes halogenated alkanes) is 1. The number of thioether (sulfide) groups is 1. The Morgan fingerprint density at radius 3 is 2.73 bits per heavy atom. The van der Waals surface area contributed by atoms with Crippen LogP contribution in [0, 0.1) is 0 Å². The first-order chi connectivity index (χ1) is 7.24. The van der Waals surface area contributed by atoms with Gasteiger partial charge in [-0.25, -0.2) is 0 Å². The minimum absolute atomic E-state index is 0.248. The smallest absolute Gasteiger partial charge is 0.0105 e. The van der Waals surface area contributed by atoms with Crippen LogP contribution in [-0.4, -0.2) is 11.8 Å². The highest BCUT2D eigenvalue weighted by Gasteiger charge is 2.04. The van der Waals surface area contributed by atoms with Gasteiger partial charge in [0.1, 0.15) is 0 Å². The molecular formula is C13H21NS. The average Bonchev–Trinajstić information content (AvgIpc) is 2.20. The third kappa shape index (κ3) is 4.72. The van der Waals surface area contributed by atoms with Crippen molar-refractivity contribution < 1.29 is 0 Å².